The SMILES string of the molecule is CCCOc1ccc(-c2cc(C(=O)OCC)ccc2C#Cc2ccc(O)cc2C(F)(F)F)cn1. The minimum Gasteiger partial charge on any atom is -0.508 e. The third-order valence-electron chi connectivity index (χ3n) is 4.67. The molecule has 0 aliphatic heterocycles. The number of ether oxygens (including phenoxy) is 2. The van der Waals surface area contributed by atoms with E-state index in [2.05, 4.69) is 16.8 Å². The van der Waals surface area contributed by atoms with Crippen LogP contribution in [0.3, 0.4) is 0 Å². The van der Waals surface area contributed by atoms with Crippen LogP contribution in [-0.4, -0.2) is 29.3 Å². The predicted molar refractivity (Wildman–Crippen MR) is 121 cm³/mol. The van der Waals surface area contributed by atoms with Crippen molar-refractivity contribution in [3.05, 3.63) is 77.0 Å². The first-order valence-corrected chi connectivity index (χ1v) is 10.6. The van der Waals surface area contributed by atoms with E-state index in [-0.39, 0.29) is 17.7 Å². The van der Waals surface area contributed by atoms with E-state index in [1.54, 1.807) is 37.4 Å². The van der Waals surface area contributed by atoms with Crippen LogP contribution in [0.2, 0.25) is 0 Å². The largest absolute Gasteiger partial charge is 0.508 e. The van der Waals surface area contributed by atoms with Crippen molar-refractivity contribution >= 4 is 5.97 Å². The zero-order valence-corrected chi connectivity index (χ0v) is 18.6. The highest BCUT2D eigenvalue weighted by atomic mass is 19.4. The summed E-state index contributed by atoms with van der Waals surface area (Å²) in [6.07, 6.45) is -2.32. The molecule has 1 aromatic heterocycles. The van der Waals surface area contributed by atoms with E-state index < -0.39 is 23.5 Å². The molecule has 0 unspecified atom stereocenters. The molecule has 34 heavy (non-hydrogen) atoms. The average molecular weight is 469 g/mol. The molecule has 0 saturated carbocycles. The van der Waals surface area contributed by atoms with Crippen molar-refractivity contribution < 1.29 is 32.5 Å². The Labute approximate surface area is 195 Å². The molecule has 176 valence electrons. The van der Waals surface area contributed by atoms with Crippen LogP contribution >= 0.6 is 0 Å². The molecule has 1 N–H and O–H groups in total. The zero-order valence-electron chi connectivity index (χ0n) is 18.6. The van der Waals surface area contributed by atoms with Gasteiger partial charge in [-0.1, -0.05) is 18.8 Å². The van der Waals surface area contributed by atoms with Crippen LogP contribution in [0.25, 0.3) is 11.1 Å². The number of esters is 1. The van der Waals surface area contributed by atoms with Gasteiger partial charge in [0.05, 0.1) is 24.3 Å². The first-order chi connectivity index (χ1) is 16.2. The summed E-state index contributed by atoms with van der Waals surface area (Å²) in [5.41, 5.74) is 0.435. The second-order valence-electron chi connectivity index (χ2n) is 7.19. The van der Waals surface area contributed by atoms with Crippen LogP contribution in [0, 0.1) is 11.8 Å². The summed E-state index contributed by atoms with van der Waals surface area (Å²) in [6.45, 7) is 4.36. The molecule has 0 aliphatic rings. The molecule has 2 aromatic carbocycles. The minimum atomic E-state index is -4.68. The maximum Gasteiger partial charge on any atom is 0.417 e. The number of aromatic hydroxyl groups is 1. The number of carbonyl (C=O) groups is 1. The topological polar surface area (TPSA) is 68.7 Å². The van der Waals surface area contributed by atoms with Gasteiger partial charge in [-0.15, -0.1) is 0 Å². The fourth-order valence-electron chi connectivity index (χ4n) is 3.08. The maximum absolute atomic E-state index is 13.4. The normalized spacial score (nSPS) is 10.9. The van der Waals surface area contributed by atoms with E-state index in [0.717, 1.165) is 18.6 Å². The summed E-state index contributed by atoms with van der Waals surface area (Å²) >= 11 is 0. The Morgan fingerprint density at radius 1 is 1.03 bits per heavy atom. The predicted octanol–water partition coefficient (Wildman–Crippen LogP) is 5.84. The van der Waals surface area contributed by atoms with E-state index in [1.807, 2.05) is 6.92 Å². The van der Waals surface area contributed by atoms with Gasteiger partial charge in [0, 0.05) is 29.0 Å². The Morgan fingerprint density at radius 2 is 1.76 bits per heavy atom. The van der Waals surface area contributed by atoms with Crippen molar-refractivity contribution in [2.24, 2.45) is 0 Å². The Hall–Kier alpha value is -3.99. The number of hydrogen-bond donors (Lipinski definition) is 1. The molecular weight excluding hydrogens is 447 g/mol. The molecular formula is C26H22F3NO4. The number of carbonyl (C=O) groups excluding carboxylic acids is 1. The van der Waals surface area contributed by atoms with Gasteiger partial charge in [-0.3, -0.25) is 0 Å². The van der Waals surface area contributed by atoms with Crippen LogP contribution in [0.15, 0.2) is 54.7 Å². The van der Waals surface area contributed by atoms with Crippen LogP contribution in [-0.2, 0) is 10.9 Å². The Morgan fingerprint density at radius 3 is 2.41 bits per heavy atom. The number of rotatable bonds is 6. The zero-order chi connectivity index (χ0) is 24.7. The lowest BCUT2D eigenvalue weighted by atomic mass is 9.98. The quantitative estimate of drug-likeness (QED) is 0.363. The third kappa shape index (κ3) is 6.07. The van der Waals surface area contributed by atoms with Gasteiger partial charge in [-0.05, 0) is 61.4 Å². The van der Waals surface area contributed by atoms with E-state index in [4.69, 9.17) is 9.47 Å². The van der Waals surface area contributed by atoms with E-state index in [0.29, 0.717) is 35.2 Å². The number of halogens is 3. The van der Waals surface area contributed by atoms with Gasteiger partial charge in [-0.25, -0.2) is 9.78 Å². The monoisotopic (exact) mass is 469 g/mol. The fraction of sp³-hybridized carbons (Fsp3) is 0.231. The van der Waals surface area contributed by atoms with Gasteiger partial charge in [0.15, 0.2) is 0 Å². The van der Waals surface area contributed by atoms with Crippen molar-refractivity contribution in [2.45, 2.75) is 26.4 Å². The first kappa shape index (κ1) is 24.6. The van der Waals surface area contributed by atoms with Gasteiger partial charge in [0.2, 0.25) is 5.88 Å². The molecule has 0 fully saturated rings. The second kappa shape index (κ2) is 10.8. The number of phenols is 1. The molecule has 0 saturated heterocycles. The van der Waals surface area contributed by atoms with E-state index >= 15 is 0 Å². The smallest absolute Gasteiger partial charge is 0.417 e. The maximum atomic E-state index is 13.4. The molecule has 8 heteroatoms. The molecule has 1 heterocycles. The second-order valence-corrected chi connectivity index (χ2v) is 7.19. The van der Waals surface area contributed by atoms with Crippen molar-refractivity contribution in [2.75, 3.05) is 13.2 Å². The van der Waals surface area contributed by atoms with Gasteiger partial charge in [-0.2, -0.15) is 13.2 Å². The van der Waals surface area contributed by atoms with E-state index in [1.165, 1.54) is 6.07 Å². The third-order valence-corrected chi connectivity index (χ3v) is 4.67. The average Bonchev–Trinajstić information content (AvgIpc) is 2.82. The Balaban J connectivity index is 2.08. The number of benzene rings is 2. The highest BCUT2D eigenvalue weighted by Gasteiger charge is 2.33. The summed E-state index contributed by atoms with van der Waals surface area (Å²) in [4.78, 5) is 16.5. The molecule has 3 rings (SSSR count). The molecule has 0 aliphatic carbocycles. The van der Waals surface area contributed by atoms with Crippen LogP contribution in [0.5, 0.6) is 11.6 Å². The van der Waals surface area contributed by atoms with Gasteiger partial charge >= 0.3 is 12.1 Å². The van der Waals surface area contributed by atoms with Crippen molar-refractivity contribution in [1.29, 1.82) is 0 Å². The van der Waals surface area contributed by atoms with Gasteiger partial charge in [0.25, 0.3) is 0 Å². The molecule has 0 bridgehead atoms. The molecule has 3 aromatic rings. The van der Waals surface area contributed by atoms with Crippen LogP contribution < -0.4 is 4.74 Å². The highest BCUT2D eigenvalue weighted by molar-refractivity contribution is 5.92. The van der Waals surface area contributed by atoms with E-state index in [9.17, 15) is 23.1 Å². The lowest BCUT2D eigenvalue weighted by Gasteiger charge is -2.10. The van der Waals surface area contributed by atoms with Crippen molar-refractivity contribution in [3.63, 3.8) is 0 Å². The van der Waals surface area contributed by atoms with Gasteiger partial charge in [0.1, 0.15) is 5.75 Å². The number of aromatic nitrogens is 1. The standard InChI is InChI=1S/C26H22F3NO4/c1-3-13-34-24-12-10-20(16-30-24)22-14-19(25(32)33-4-2)8-6-17(22)5-7-18-9-11-21(31)15-23(18)26(27,28)29/h6,8-12,14-16,31H,3-4,13H2,1-2H3. The summed E-state index contributed by atoms with van der Waals surface area (Å²) < 4.78 is 50.7. The highest BCUT2D eigenvalue weighted by Crippen LogP contribution is 2.34. The lowest BCUT2D eigenvalue weighted by Crippen LogP contribution is -2.07. The number of pyridine rings is 1. The lowest BCUT2D eigenvalue weighted by molar-refractivity contribution is -0.137. The minimum absolute atomic E-state index is 0.196. The van der Waals surface area contributed by atoms with Crippen molar-refractivity contribution in [1.82, 2.24) is 4.98 Å². The fourth-order valence-corrected chi connectivity index (χ4v) is 3.08. The molecule has 0 spiro atoms. The van der Waals surface area contributed by atoms with Crippen molar-refractivity contribution in [3.8, 4) is 34.6 Å². The summed E-state index contributed by atoms with van der Waals surface area (Å²) in [5.74, 6) is 4.70. The van der Waals surface area contributed by atoms with Crippen LogP contribution in [0.4, 0.5) is 13.2 Å². The Kier molecular flexibility index (Phi) is 7.79. The summed E-state index contributed by atoms with van der Waals surface area (Å²) in [7, 11) is 0. The summed E-state index contributed by atoms with van der Waals surface area (Å²) in [6, 6.07) is 10.9. The number of nitrogens with zero attached hydrogens (tertiary/aromatic N) is 1. The number of hydrogen-bond acceptors (Lipinski definition) is 5. The molecule has 0 radical (unpaired) electrons. The molecule has 5 nitrogen and oxygen atoms in total. The van der Waals surface area contributed by atoms with Crippen LogP contribution in [0.1, 0.15) is 47.3 Å². The molecule has 0 amide bonds. The number of alkyl halides is 3. The molecule has 0 atom stereocenters. The van der Waals surface area contributed by atoms with Gasteiger partial charge < -0.3 is 14.6 Å². The first-order valence-electron chi connectivity index (χ1n) is 10.6. The number of phenolic OH excluding ortho intramolecular Hbond substituents is 1. The summed E-state index contributed by atoms with van der Waals surface area (Å²) in [5, 5.41) is 9.47. The Bertz CT molecular complexity index is 1230.